The van der Waals surface area contributed by atoms with Crippen LogP contribution in [0, 0.1) is 5.82 Å². The number of amides is 1. The minimum Gasteiger partial charge on any atom is -0.489 e. The van der Waals surface area contributed by atoms with E-state index in [0.717, 1.165) is 32.4 Å². The second-order valence-electron chi connectivity index (χ2n) is 6.54. The molecule has 0 aliphatic carbocycles. The normalized spacial score (nSPS) is 17.7. The van der Waals surface area contributed by atoms with Gasteiger partial charge in [-0.05, 0) is 37.1 Å². The molecule has 1 atom stereocenters. The first kappa shape index (κ1) is 18.4. The van der Waals surface area contributed by atoms with Gasteiger partial charge in [0.25, 0.3) is 0 Å². The highest BCUT2D eigenvalue weighted by molar-refractivity contribution is 5.81. The molecular formula is C21H25FN2O2. The van der Waals surface area contributed by atoms with Gasteiger partial charge in [0.1, 0.15) is 6.61 Å². The maximum Gasteiger partial charge on any atom is 0.237 e. The number of carbonyl (C=O) groups excluding carboxylic acids is 1. The van der Waals surface area contributed by atoms with Crippen LogP contribution in [0.1, 0.15) is 24.8 Å². The van der Waals surface area contributed by atoms with E-state index in [-0.39, 0.29) is 30.1 Å². The SMILES string of the molecule is O=C(NCCOc1ccccc1F)C1CCCCN1Cc1ccccc1. The van der Waals surface area contributed by atoms with E-state index in [9.17, 15) is 9.18 Å². The highest BCUT2D eigenvalue weighted by atomic mass is 19.1. The fourth-order valence-corrected chi connectivity index (χ4v) is 3.31. The molecule has 138 valence electrons. The number of hydrogen-bond acceptors (Lipinski definition) is 3. The summed E-state index contributed by atoms with van der Waals surface area (Å²) in [5.74, 6) is -0.150. The van der Waals surface area contributed by atoms with Crippen LogP contribution in [0.4, 0.5) is 4.39 Å². The second-order valence-corrected chi connectivity index (χ2v) is 6.54. The molecule has 2 aromatic carbocycles. The summed E-state index contributed by atoms with van der Waals surface area (Å²) >= 11 is 0. The molecule has 0 radical (unpaired) electrons. The van der Waals surface area contributed by atoms with E-state index in [1.807, 2.05) is 18.2 Å². The lowest BCUT2D eigenvalue weighted by atomic mass is 10.0. The molecule has 1 N–H and O–H groups in total. The Morgan fingerprint density at radius 3 is 2.69 bits per heavy atom. The first-order chi connectivity index (χ1) is 12.7. The summed E-state index contributed by atoms with van der Waals surface area (Å²) in [4.78, 5) is 14.8. The number of hydrogen-bond donors (Lipinski definition) is 1. The van der Waals surface area contributed by atoms with Gasteiger partial charge in [-0.2, -0.15) is 0 Å². The number of likely N-dealkylation sites (tertiary alicyclic amines) is 1. The zero-order chi connectivity index (χ0) is 18.2. The number of rotatable bonds is 7. The van der Waals surface area contributed by atoms with Crippen LogP contribution in [0.3, 0.4) is 0 Å². The van der Waals surface area contributed by atoms with Crippen molar-refractivity contribution in [1.82, 2.24) is 10.2 Å². The van der Waals surface area contributed by atoms with Crippen LogP contribution < -0.4 is 10.1 Å². The number of para-hydroxylation sites is 1. The van der Waals surface area contributed by atoms with E-state index >= 15 is 0 Å². The summed E-state index contributed by atoms with van der Waals surface area (Å²) in [6.45, 7) is 2.32. The average molecular weight is 356 g/mol. The van der Waals surface area contributed by atoms with Gasteiger partial charge in [-0.1, -0.05) is 48.9 Å². The van der Waals surface area contributed by atoms with Crippen molar-refractivity contribution in [3.05, 3.63) is 66.0 Å². The van der Waals surface area contributed by atoms with E-state index in [0.29, 0.717) is 6.54 Å². The number of benzene rings is 2. The first-order valence-corrected chi connectivity index (χ1v) is 9.17. The van der Waals surface area contributed by atoms with Crippen LogP contribution in [0.2, 0.25) is 0 Å². The number of ether oxygens (including phenoxy) is 1. The number of piperidine rings is 1. The fourth-order valence-electron chi connectivity index (χ4n) is 3.31. The molecule has 1 aliphatic heterocycles. The maximum absolute atomic E-state index is 13.5. The molecule has 3 rings (SSSR count). The van der Waals surface area contributed by atoms with E-state index in [2.05, 4.69) is 22.3 Å². The number of halogens is 1. The summed E-state index contributed by atoms with van der Waals surface area (Å²) in [7, 11) is 0. The molecule has 1 fully saturated rings. The Morgan fingerprint density at radius 2 is 1.88 bits per heavy atom. The van der Waals surface area contributed by atoms with Crippen molar-refractivity contribution in [1.29, 1.82) is 0 Å². The molecule has 26 heavy (non-hydrogen) atoms. The summed E-state index contributed by atoms with van der Waals surface area (Å²) in [6.07, 6.45) is 3.05. The van der Waals surface area contributed by atoms with Crippen LogP contribution >= 0.6 is 0 Å². The van der Waals surface area contributed by atoms with E-state index in [1.54, 1.807) is 18.2 Å². The van der Waals surface area contributed by atoms with Crippen molar-refractivity contribution < 1.29 is 13.9 Å². The molecule has 1 heterocycles. The van der Waals surface area contributed by atoms with Crippen molar-refractivity contribution in [2.24, 2.45) is 0 Å². The number of nitrogens with one attached hydrogen (secondary N) is 1. The molecule has 0 saturated carbocycles. The van der Waals surface area contributed by atoms with Crippen molar-refractivity contribution in [3.8, 4) is 5.75 Å². The summed E-state index contributed by atoms with van der Waals surface area (Å²) < 4.78 is 18.9. The van der Waals surface area contributed by atoms with Crippen molar-refractivity contribution >= 4 is 5.91 Å². The number of nitrogens with zero attached hydrogens (tertiary/aromatic N) is 1. The third kappa shape index (κ3) is 5.05. The van der Waals surface area contributed by atoms with E-state index in [4.69, 9.17) is 4.74 Å². The zero-order valence-electron chi connectivity index (χ0n) is 14.9. The largest absolute Gasteiger partial charge is 0.489 e. The first-order valence-electron chi connectivity index (χ1n) is 9.17. The van der Waals surface area contributed by atoms with Crippen LogP contribution in [-0.2, 0) is 11.3 Å². The standard InChI is InChI=1S/C21H25FN2O2/c22-18-10-4-5-12-20(18)26-15-13-23-21(25)19-11-6-7-14-24(19)16-17-8-2-1-3-9-17/h1-5,8-10,12,19H,6-7,11,13-16H2,(H,23,25). The Bertz CT molecular complexity index is 708. The highest BCUT2D eigenvalue weighted by Crippen LogP contribution is 2.20. The third-order valence-electron chi connectivity index (χ3n) is 4.64. The Kier molecular flexibility index (Phi) is 6.61. The molecule has 4 nitrogen and oxygen atoms in total. The van der Waals surface area contributed by atoms with Gasteiger partial charge in [0.15, 0.2) is 11.6 Å². The minimum atomic E-state index is -0.389. The van der Waals surface area contributed by atoms with Crippen LogP contribution in [-0.4, -0.2) is 36.5 Å². The highest BCUT2D eigenvalue weighted by Gasteiger charge is 2.28. The topological polar surface area (TPSA) is 41.6 Å². The molecule has 0 aromatic heterocycles. The lowest BCUT2D eigenvalue weighted by molar-refractivity contribution is -0.128. The molecule has 0 bridgehead atoms. The Labute approximate surface area is 154 Å². The van der Waals surface area contributed by atoms with Crippen molar-refractivity contribution in [2.75, 3.05) is 19.7 Å². The van der Waals surface area contributed by atoms with Crippen molar-refractivity contribution in [2.45, 2.75) is 31.8 Å². The van der Waals surface area contributed by atoms with Gasteiger partial charge in [0.2, 0.25) is 5.91 Å². The molecular weight excluding hydrogens is 331 g/mol. The molecule has 1 amide bonds. The third-order valence-corrected chi connectivity index (χ3v) is 4.64. The molecule has 5 heteroatoms. The molecule has 0 spiro atoms. The van der Waals surface area contributed by atoms with Gasteiger partial charge in [-0.3, -0.25) is 9.69 Å². The Balaban J connectivity index is 1.48. The molecule has 1 unspecified atom stereocenters. The quantitative estimate of drug-likeness (QED) is 0.774. The van der Waals surface area contributed by atoms with Gasteiger partial charge < -0.3 is 10.1 Å². The molecule has 1 aliphatic rings. The van der Waals surface area contributed by atoms with E-state index in [1.165, 1.54) is 11.6 Å². The Morgan fingerprint density at radius 1 is 1.12 bits per heavy atom. The Hall–Kier alpha value is -2.40. The molecule has 2 aromatic rings. The van der Waals surface area contributed by atoms with Gasteiger partial charge in [0, 0.05) is 6.54 Å². The monoisotopic (exact) mass is 356 g/mol. The summed E-state index contributed by atoms with van der Waals surface area (Å²) in [5, 5.41) is 2.93. The van der Waals surface area contributed by atoms with E-state index < -0.39 is 0 Å². The maximum atomic E-state index is 13.5. The lowest BCUT2D eigenvalue weighted by Crippen LogP contribution is -2.49. The summed E-state index contributed by atoms with van der Waals surface area (Å²) in [6, 6.07) is 16.4. The van der Waals surface area contributed by atoms with Crippen LogP contribution in [0.25, 0.3) is 0 Å². The zero-order valence-corrected chi connectivity index (χ0v) is 14.9. The fraction of sp³-hybridized carbons (Fsp3) is 0.381. The van der Waals surface area contributed by atoms with Gasteiger partial charge in [0.05, 0.1) is 12.6 Å². The lowest BCUT2D eigenvalue weighted by Gasteiger charge is -2.34. The smallest absolute Gasteiger partial charge is 0.237 e. The average Bonchev–Trinajstić information content (AvgIpc) is 2.67. The predicted molar refractivity (Wildman–Crippen MR) is 99.4 cm³/mol. The number of carbonyl (C=O) groups is 1. The summed E-state index contributed by atoms with van der Waals surface area (Å²) in [5.41, 5.74) is 1.22. The van der Waals surface area contributed by atoms with Crippen LogP contribution in [0.5, 0.6) is 5.75 Å². The second kappa shape index (κ2) is 9.34. The van der Waals surface area contributed by atoms with Crippen molar-refractivity contribution in [3.63, 3.8) is 0 Å². The van der Waals surface area contributed by atoms with Crippen LogP contribution in [0.15, 0.2) is 54.6 Å². The van der Waals surface area contributed by atoms with Gasteiger partial charge >= 0.3 is 0 Å². The molecule has 1 saturated heterocycles. The van der Waals surface area contributed by atoms with Gasteiger partial charge in [-0.15, -0.1) is 0 Å². The minimum absolute atomic E-state index is 0.0257. The van der Waals surface area contributed by atoms with Gasteiger partial charge in [-0.25, -0.2) is 4.39 Å². The predicted octanol–water partition coefficient (Wildman–Crippen LogP) is 3.38.